The molecule has 0 saturated carbocycles. The van der Waals surface area contributed by atoms with E-state index in [-0.39, 0.29) is 35.7 Å². The first kappa shape index (κ1) is 31.8. The summed E-state index contributed by atoms with van der Waals surface area (Å²) in [7, 11) is 3.19. The van der Waals surface area contributed by atoms with Crippen molar-refractivity contribution in [1.82, 2.24) is 30.0 Å². The Bertz CT molecular complexity index is 1340. The zero-order chi connectivity index (χ0) is 26.2. The molecule has 0 unspecified atom stereocenters. The second kappa shape index (κ2) is 14.5. The standard InChI is InChI=1S/C13H15N3O3.C11H11N3O3.Li.H2O/c1-4-19-13(17)12-9(2)16(15-14-12)10-5-7-11(18-3)8-6-10;1-7-10(11(15)16)12-13-14(7)8-3-5-9(17-2)6-4-8;;/h5-8H,4H2,1-3H3;3-6H,1-2H3,(H,15,16);;1H2/q;;+1;/p-1. The van der Waals surface area contributed by atoms with Crippen LogP contribution in [0, 0.1) is 13.8 Å². The number of carboxylic acid groups (broad SMARTS) is 1. The number of benzene rings is 2. The van der Waals surface area contributed by atoms with Crippen LogP contribution in [0.25, 0.3) is 11.4 Å². The van der Waals surface area contributed by atoms with Crippen molar-refractivity contribution in [2.24, 2.45) is 0 Å². The number of esters is 1. The average Bonchev–Trinajstić information content (AvgIpc) is 3.47. The molecule has 4 rings (SSSR count). The van der Waals surface area contributed by atoms with Crippen LogP contribution in [0.4, 0.5) is 0 Å². The number of aromatic nitrogens is 6. The molecule has 0 fully saturated rings. The van der Waals surface area contributed by atoms with Gasteiger partial charge in [0.05, 0.1) is 43.6 Å². The van der Waals surface area contributed by atoms with E-state index in [4.69, 9.17) is 19.3 Å². The van der Waals surface area contributed by atoms with Crippen molar-refractivity contribution >= 4 is 11.9 Å². The number of hydrogen-bond acceptors (Lipinski definition) is 10. The predicted molar refractivity (Wildman–Crippen MR) is 130 cm³/mol. The fraction of sp³-hybridized carbons (Fsp3) is 0.250. The van der Waals surface area contributed by atoms with E-state index in [1.165, 1.54) is 4.68 Å². The van der Waals surface area contributed by atoms with E-state index < -0.39 is 11.9 Å². The normalized spacial score (nSPS) is 9.71. The Labute approximate surface area is 230 Å². The Morgan fingerprint density at radius 2 is 1.18 bits per heavy atom. The van der Waals surface area contributed by atoms with Gasteiger partial charge in [-0.1, -0.05) is 10.4 Å². The maximum atomic E-state index is 11.7. The number of carbonyl (C=O) groups excluding carboxylic acids is 1. The van der Waals surface area contributed by atoms with Gasteiger partial charge < -0.3 is 24.8 Å². The molecule has 13 nitrogen and oxygen atoms in total. The van der Waals surface area contributed by atoms with Gasteiger partial charge in [0.15, 0.2) is 11.4 Å². The summed E-state index contributed by atoms with van der Waals surface area (Å²) in [6, 6.07) is 14.4. The summed E-state index contributed by atoms with van der Waals surface area (Å²) in [5, 5.41) is 24.1. The number of carboxylic acids is 1. The van der Waals surface area contributed by atoms with E-state index in [1.54, 1.807) is 63.9 Å². The molecule has 38 heavy (non-hydrogen) atoms. The summed E-state index contributed by atoms with van der Waals surface area (Å²) in [6.07, 6.45) is 0. The summed E-state index contributed by atoms with van der Waals surface area (Å²) in [4.78, 5) is 22.5. The molecule has 2 aromatic carbocycles. The third-order valence-corrected chi connectivity index (χ3v) is 5.09. The van der Waals surface area contributed by atoms with Crippen molar-refractivity contribution in [3.63, 3.8) is 0 Å². The quantitative estimate of drug-likeness (QED) is 0.255. The third-order valence-electron chi connectivity index (χ3n) is 5.09. The molecular weight excluding hydrogens is 491 g/mol. The minimum Gasteiger partial charge on any atom is -0.870 e. The second-order valence-corrected chi connectivity index (χ2v) is 7.29. The van der Waals surface area contributed by atoms with E-state index in [1.807, 2.05) is 24.3 Å². The second-order valence-electron chi connectivity index (χ2n) is 7.29. The Morgan fingerprint density at radius 1 is 0.789 bits per heavy atom. The van der Waals surface area contributed by atoms with Gasteiger partial charge in [0, 0.05) is 0 Å². The molecule has 0 aliphatic heterocycles. The van der Waals surface area contributed by atoms with Crippen LogP contribution in [0.1, 0.15) is 39.3 Å². The first-order chi connectivity index (χ1) is 17.3. The van der Waals surface area contributed by atoms with Crippen LogP contribution in [0.2, 0.25) is 0 Å². The van der Waals surface area contributed by atoms with Crippen LogP contribution >= 0.6 is 0 Å². The van der Waals surface area contributed by atoms with Crippen molar-refractivity contribution in [1.29, 1.82) is 0 Å². The van der Waals surface area contributed by atoms with Crippen LogP contribution in [-0.2, 0) is 4.74 Å². The van der Waals surface area contributed by atoms with Gasteiger partial charge in [-0.25, -0.2) is 19.0 Å². The summed E-state index contributed by atoms with van der Waals surface area (Å²) in [5.41, 5.74) is 2.87. The number of methoxy groups -OCH3 is 2. The van der Waals surface area contributed by atoms with Gasteiger partial charge in [0.2, 0.25) is 0 Å². The van der Waals surface area contributed by atoms with Crippen molar-refractivity contribution in [2.75, 3.05) is 20.8 Å². The minimum absolute atomic E-state index is 0. The van der Waals surface area contributed by atoms with Crippen LogP contribution in [0.15, 0.2) is 48.5 Å². The number of aromatic carboxylic acids is 1. The first-order valence-corrected chi connectivity index (χ1v) is 10.8. The largest absolute Gasteiger partial charge is 1.00 e. The van der Waals surface area contributed by atoms with Gasteiger partial charge in [0.1, 0.15) is 11.5 Å². The maximum Gasteiger partial charge on any atom is 1.00 e. The van der Waals surface area contributed by atoms with Gasteiger partial charge in [0.25, 0.3) is 0 Å². The first-order valence-electron chi connectivity index (χ1n) is 10.8. The van der Waals surface area contributed by atoms with Gasteiger partial charge in [-0.05, 0) is 69.3 Å². The Kier molecular flexibility index (Phi) is 12.2. The molecule has 0 bridgehead atoms. The monoisotopic (exact) mass is 518 g/mol. The minimum atomic E-state index is -1.08. The van der Waals surface area contributed by atoms with Crippen molar-refractivity contribution in [3.8, 4) is 22.9 Å². The van der Waals surface area contributed by atoms with Crippen LogP contribution in [0.5, 0.6) is 11.5 Å². The molecule has 2 N–H and O–H groups in total. The Balaban J connectivity index is 0.000000363. The smallest absolute Gasteiger partial charge is 0.870 e. The molecule has 2 aromatic heterocycles. The molecule has 196 valence electrons. The van der Waals surface area contributed by atoms with Crippen molar-refractivity contribution < 1.29 is 53.2 Å². The number of hydrogen-bond donors (Lipinski definition) is 1. The molecule has 2 heterocycles. The third kappa shape index (κ3) is 7.19. The van der Waals surface area contributed by atoms with Gasteiger partial charge >= 0.3 is 30.8 Å². The predicted octanol–water partition coefficient (Wildman–Crippen LogP) is -0.129. The molecule has 0 radical (unpaired) electrons. The van der Waals surface area contributed by atoms with Crippen LogP contribution in [0.3, 0.4) is 0 Å². The van der Waals surface area contributed by atoms with E-state index in [0.717, 1.165) is 22.9 Å². The average molecular weight is 518 g/mol. The number of rotatable bonds is 7. The van der Waals surface area contributed by atoms with Crippen LogP contribution in [-0.4, -0.2) is 73.3 Å². The molecular formula is C24H27LiN6O7. The number of nitrogens with zero attached hydrogens (tertiary/aromatic N) is 6. The molecule has 0 amide bonds. The van der Waals surface area contributed by atoms with Gasteiger partial charge in [-0.3, -0.25) is 0 Å². The topological polar surface area (TPSA) is 173 Å². The van der Waals surface area contributed by atoms with Gasteiger partial charge in [-0.2, -0.15) is 0 Å². The maximum absolute atomic E-state index is 11.7. The molecule has 0 spiro atoms. The SMILES string of the molecule is CCOC(=O)c1nnn(-c2ccc(OC)cc2)c1C.COc1ccc(-n2nnc(C(=O)O)c2C)cc1.[Li+].[OH-]. The molecule has 14 heteroatoms. The summed E-state index contributed by atoms with van der Waals surface area (Å²) >= 11 is 0. The molecule has 0 atom stereocenters. The zero-order valence-electron chi connectivity index (χ0n) is 21.9. The molecule has 4 aromatic rings. The molecule has 0 saturated heterocycles. The molecule has 0 aliphatic rings. The zero-order valence-corrected chi connectivity index (χ0v) is 21.9. The van der Waals surface area contributed by atoms with Crippen molar-refractivity contribution in [3.05, 3.63) is 71.3 Å². The van der Waals surface area contributed by atoms with Gasteiger partial charge in [-0.15, -0.1) is 10.2 Å². The Hall–Kier alpha value is -4.18. The van der Waals surface area contributed by atoms with E-state index >= 15 is 0 Å². The number of ether oxygens (including phenoxy) is 3. The summed E-state index contributed by atoms with van der Waals surface area (Å²) in [6.45, 7) is 5.50. The summed E-state index contributed by atoms with van der Waals surface area (Å²) < 4.78 is 18.1. The van der Waals surface area contributed by atoms with E-state index in [2.05, 4.69) is 20.6 Å². The van der Waals surface area contributed by atoms with E-state index in [9.17, 15) is 9.59 Å². The van der Waals surface area contributed by atoms with E-state index in [0.29, 0.717) is 18.0 Å². The summed E-state index contributed by atoms with van der Waals surface area (Å²) in [5.74, 6) is -0.0564. The number of carbonyl (C=O) groups is 2. The fourth-order valence-electron chi connectivity index (χ4n) is 3.18. The van der Waals surface area contributed by atoms with Crippen LogP contribution < -0.4 is 28.3 Å². The van der Waals surface area contributed by atoms with Crippen molar-refractivity contribution in [2.45, 2.75) is 20.8 Å². The molecule has 0 aliphatic carbocycles. The Morgan fingerprint density at radius 3 is 1.53 bits per heavy atom. The fourth-order valence-corrected chi connectivity index (χ4v) is 3.18.